The molecule has 6 nitrogen and oxygen atoms in total. The summed E-state index contributed by atoms with van der Waals surface area (Å²) in [5, 5.41) is 0. The maximum absolute atomic E-state index is 12.3. The maximum Gasteiger partial charge on any atom is 0.327 e. The molecule has 0 radical (unpaired) electrons. The Morgan fingerprint density at radius 2 is 2.06 bits per heavy atom. The molecule has 2 aliphatic rings. The molecule has 2 rings (SSSR count). The second kappa shape index (κ2) is 3.69. The van der Waals surface area contributed by atoms with E-state index in [1.165, 1.54) is 4.90 Å². The lowest BCUT2D eigenvalue weighted by atomic mass is 10.2. The Hall–Kier alpha value is -1.18. The summed E-state index contributed by atoms with van der Waals surface area (Å²) in [4.78, 5) is 25.5. The van der Waals surface area contributed by atoms with E-state index >= 15 is 0 Å². The van der Waals surface area contributed by atoms with Gasteiger partial charge in [0.25, 0.3) is 5.91 Å². The molecule has 1 atom stereocenters. The van der Waals surface area contributed by atoms with Crippen LogP contribution in [0.1, 0.15) is 12.8 Å². The predicted octanol–water partition coefficient (Wildman–Crippen LogP) is -0.288. The van der Waals surface area contributed by atoms with Crippen molar-refractivity contribution in [2.24, 2.45) is 0 Å². The molecule has 8 heteroatoms. The van der Waals surface area contributed by atoms with Crippen molar-refractivity contribution >= 4 is 22.2 Å². The highest BCUT2D eigenvalue weighted by atomic mass is 32.3. The molecular weight excluding hydrogens is 239 g/mol. The minimum atomic E-state index is -4.65. The lowest BCUT2D eigenvalue weighted by Gasteiger charge is -2.13. The fourth-order valence-electron chi connectivity index (χ4n) is 2.09. The van der Waals surface area contributed by atoms with E-state index in [1.807, 2.05) is 0 Å². The van der Waals surface area contributed by atoms with Gasteiger partial charge >= 0.3 is 16.3 Å². The average molecular weight is 250 g/mol. The van der Waals surface area contributed by atoms with Crippen LogP contribution in [0.3, 0.4) is 0 Å². The van der Waals surface area contributed by atoms with Crippen molar-refractivity contribution in [3.63, 3.8) is 0 Å². The molecule has 0 aromatic carbocycles. The van der Waals surface area contributed by atoms with Crippen molar-refractivity contribution in [3.05, 3.63) is 0 Å². The number of urea groups is 1. The number of carbonyl (C=O) groups is 2. The van der Waals surface area contributed by atoms with Crippen LogP contribution < -0.4 is 0 Å². The Kier molecular flexibility index (Phi) is 2.61. The highest BCUT2D eigenvalue weighted by Crippen LogP contribution is 2.27. The molecule has 1 unspecified atom stereocenters. The van der Waals surface area contributed by atoms with E-state index in [4.69, 9.17) is 0 Å². The van der Waals surface area contributed by atoms with Gasteiger partial charge in [-0.25, -0.2) is 4.79 Å². The van der Waals surface area contributed by atoms with Crippen LogP contribution in [0.25, 0.3) is 0 Å². The quantitative estimate of drug-likeness (QED) is 0.509. The fourth-order valence-corrected chi connectivity index (χ4v) is 2.49. The zero-order valence-electron chi connectivity index (χ0n) is 8.43. The van der Waals surface area contributed by atoms with Crippen molar-refractivity contribution in [2.75, 3.05) is 18.8 Å². The van der Waals surface area contributed by atoms with Crippen LogP contribution in [0.15, 0.2) is 0 Å². The monoisotopic (exact) mass is 250 g/mol. The summed E-state index contributed by atoms with van der Waals surface area (Å²) in [6.07, 6.45) is 1.38. The molecule has 0 saturated carbocycles. The Bertz CT molecular complexity index is 413. The van der Waals surface area contributed by atoms with Gasteiger partial charge in [-0.1, -0.05) is 0 Å². The normalized spacial score (nSPS) is 25.4. The van der Waals surface area contributed by atoms with Gasteiger partial charge < -0.3 is 4.90 Å². The van der Waals surface area contributed by atoms with Crippen molar-refractivity contribution < 1.29 is 21.9 Å². The Morgan fingerprint density at radius 3 is 2.62 bits per heavy atom. The van der Waals surface area contributed by atoms with Crippen molar-refractivity contribution in [1.29, 1.82) is 0 Å². The Balaban J connectivity index is 2.07. The molecule has 2 aliphatic heterocycles. The van der Waals surface area contributed by atoms with Crippen LogP contribution in [-0.4, -0.2) is 55.0 Å². The summed E-state index contributed by atoms with van der Waals surface area (Å²) in [7, 11) is -4.65. The molecule has 0 bridgehead atoms. The zero-order chi connectivity index (χ0) is 11.9. The summed E-state index contributed by atoms with van der Waals surface area (Å²) >= 11 is 0. The zero-order valence-corrected chi connectivity index (χ0v) is 9.24. The molecule has 3 amide bonds. The maximum atomic E-state index is 12.3. The summed E-state index contributed by atoms with van der Waals surface area (Å²) in [6, 6.07) is -0.967. The highest BCUT2D eigenvalue weighted by molar-refractivity contribution is 7.86. The number of amides is 3. The minimum Gasteiger partial charge on any atom is -0.312 e. The molecule has 2 saturated heterocycles. The van der Waals surface area contributed by atoms with E-state index in [9.17, 15) is 21.9 Å². The van der Waals surface area contributed by atoms with E-state index in [1.54, 1.807) is 0 Å². The summed E-state index contributed by atoms with van der Waals surface area (Å²) in [5.41, 5.74) is 0. The Labute approximate surface area is 92.2 Å². The van der Waals surface area contributed by atoms with Crippen molar-refractivity contribution in [1.82, 2.24) is 9.80 Å². The predicted molar refractivity (Wildman–Crippen MR) is 51.7 cm³/mol. The van der Waals surface area contributed by atoms with Gasteiger partial charge in [0, 0.05) is 13.1 Å². The molecule has 16 heavy (non-hydrogen) atoms. The van der Waals surface area contributed by atoms with E-state index < -0.39 is 40.5 Å². The van der Waals surface area contributed by atoms with Crippen LogP contribution in [0.5, 0.6) is 0 Å². The van der Waals surface area contributed by atoms with Gasteiger partial charge in [0.05, 0.1) is 5.75 Å². The summed E-state index contributed by atoms with van der Waals surface area (Å²) < 4.78 is 32.9. The summed E-state index contributed by atoms with van der Waals surface area (Å²) in [5.74, 6) is -1.24. The van der Waals surface area contributed by atoms with Crippen LogP contribution in [0.4, 0.5) is 8.68 Å². The largest absolute Gasteiger partial charge is 0.327 e. The second-order valence-electron chi connectivity index (χ2n) is 3.87. The third-order valence-corrected chi connectivity index (χ3v) is 3.51. The van der Waals surface area contributed by atoms with Gasteiger partial charge in [0.2, 0.25) is 0 Å². The van der Waals surface area contributed by atoms with Crippen LogP contribution in [-0.2, 0) is 15.0 Å². The average Bonchev–Trinajstić information content (AvgIpc) is 2.69. The first-order valence-electron chi connectivity index (χ1n) is 4.94. The topological polar surface area (TPSA) is 74.8 Å². The van der Waals surface area contributed by atoms with Gasteiger partial charge in [-0.05, 0) is 12.8 Å². The van der Waals surface area contributed by atoms with E-state index in [0.717, 1.165) is 11.3 Å². The number of hydrogen-bond acceptors (Lipinski definition) is 4. The lowest BCUT2D eigenvalue weighted by molar-refractivity contribution is -0.127. The third-order valence-electron chi connectivity index (χ3n) is 2.84. The second-order valence-corrected chi connectivity index (χ2v) is 5.35. The molecule has 0 N–H and O–H groups in total. The van der Waals surface area contributed by atoms with Crippen LogP contribution >= 0.6 is 0 Å². The lowest BCUT2D eigenvalue weighted by Crippen LogP contribution is -2.36. The van der Waals surface area contributed by atoms with Crippen molar-refractivity contribution in [2.45, 2.75) is 18.9 Å². The number of hydrogen-bond donors (Lipinski definition) is 0. The van der Waals surface area contributed by atoms with Gasteiger partial charge in [0.1, 0.15) is 6.04 Å². The number of carbonyl (C=O) groups excluding carboxylic acids is 2. The third kappa shape index (κ3) is 1.89. The first-order chi connectivity index (χ1) is 7.40. The molecule has 0 aliphatic carbocycles. The fraction of sp³-hybridized carbons (Fsp3) is 0.750. The van der Waals surface area contributed by atoms with Crippen LogP contribution in [0.2, 0.25) is 0 Å². The molecule has 0 spiro atoms. The van der Waals surface area contributed by atoms with Crippen molar-refractivity contribution in [3.8, 4) is 0 Å². The molecule has 2 fully saturated rings. The van der Waals surface area contributed by atoms with Gasteiger partial charge in [-0.3, -0.25) is 9.69 Å². The smallest absolute Gasteiger partial charge is 0.312 e. The molecule has 0 aromatic heterocycles. The molecular formula is C8H11FN2O4S. The van der Waals surface area contributed by atoms with E-state index in [2.05, 4.69) is 0 Å². The molecule has 90 valence electrons. The first kappa shape index (κ1) is 11.3. The minimum absolute atomic E-state index is 0.399. The highest BCUT2D eigenvalue weighted by Gasteiger charge is 2.47. The van der Waals surface area contributed by atoms with Gasteiger partial charge in [-0.15, -0.1) is 3.89 Å². The number of imide groups is 1. The molecule has 0 aromatic rings. The standard InChI is InChI=1S/C8H11FN2O4S/c9-16(14,15)5-4-11-7(12)6-2-1-3-10(6)8(11)13/h6H,1-5H2. The number of nitrogens with zero attached hydrogens (tertiary/aromatic N) is 2. The first-order valence-corrected chi connectivity index (χ1v) is 6.50. The van der Waals surface area contributed by atoms with Gasteiger partial charge in [0.15, 0.2) is 0 Å². The van der Waals surface area contributed by atoms with Crippen LogP contribution in [0, 0.1) is 0 Å². The number of rotatable bonds is 3. The SMILES string of the molecule is O=C1C2CCCN2C(=O)N1CCS(=O)(=O)F. The summed E-state index contributed by atoms with van der Waals surface area (Å²) in [6.45, 7) is 0.109. The van der Waals surface area contributed by atoms with E-state index in [0.29, 0.717) is 13.0 Å². The molecule has 2 heterocycles. The van der Waals surface area contributed by atoms with Gasteiger partial charge in [-0.2, -0.15) is 8.42 Å². The van der Waals surface area contributed by atoms with E-state index in [-0.39, 0.29) is 0 Å². The number of fused-ring (bicyclic) bond motifs is 1. The number of halogens is 1. The Morgan fingerprint density at radius 1 is 1.38 bits per heavy atom.